The van der Waals surface area contributed by atoms with Crippen LogP contribution in [0.4, 0.5) is 0 Å². The Morgan fingerprint density at radius 3 is 2.61 bits per heavy atom. The highest BCUT2D eigenvalue weighted by Gasteiger charge is 2.14. The van der Waals surface area contributed by atoms with E-state index in [1.165, 1.54) is 5.56 Å². The second kappa shape index (κ2) is 5.83. The molecule has 0 saturated carbocycles. The van der Waals surface area contributed by atoms with Gasteiger partial charge in [-0.2, -0.15) is 0 Å². The van der Waals surface area contributed by atoms with Crippen LogP contribution in [0.3, 0.4) is 0 Å². The molecule has 0 bridgehead atoms. The molecule has 1 unspecified atom stereocenters. The number of pyridine rings is 1. The SMILES string of the molecule is CCc1ccc(CC(NC)c2ccc(C)o2)nc1. The number of aromatic nitrogens is 1. The van der Waals surface area contributed by atoms with Crippen molar-refractivity contribution in [3.05, 3.63) is 53.2 Å². The van der Waals surface area contributed by atoms with Gasteiger partial charge in [0.05, 0.1) is 6.04 Å². The predicted octanol–water partition coefficient (Wildman–Crippen LogP) is 3.05. The number of nitrogens with zero attached hydrogens (tertiary/aromatic N) is 1. The lowest BCUT2D eigenvalue weighted by atomic mass is 10.1. The van der Waals surface area contributed by atoms with E-state index in [2.05, 4.69) is 29.4 Å². The summed E-state index contributed by atoms with van der Waals surface area (Å²) in [6.07, 6.45) is 3.82. The van der Waals surface area contributed by atoms with Gasteiger partial charge in [0.2, 0.25) is 0 Å². The fraction of sp³-hybridized carbons (Fsp3) is 0.400. The minimum absolute atomic E-state index is 0.179. The van der Waals surface area contributed by atoms with Crippen LogP contribution in [0.5, 0.6) is 0 Å². The second-order valence-corrected chi connectivity index (χ2v) is 4.51. The molecule has 3 heteroatoms. The van der Waals surface area contributed by atoms with E-state index in [1.807, 2.05) is 32.3 Å². The Labute approximate surface area is 108 Å². The molecule has 2 rings (SSSR count). The fourth-order valence-electron chi connectivity index (χ4n) is 1.98. The van der Waals surface area contributed by atoms with E-state index in [9.17, 15) is 0 Å². The molecule has 1 N–H and O–H groups in total. The molecule has 0 radical (unpaired) electrons. The van der Waals surface area contributed by atoms with Gasteiger partial charge in [-0.05, 0) is 44.2 Å². The Bertz CT molecular complexity index is 487. The van der Waals surface area contributed by atoms with Crippen LogP contribution in [0.15, 0.2) is 34.9 Å². The molecular weight excluding hydrogens is 224 g/mol. The molecule has 0 aliphatic rings. The Morgan fingerprint density at radius 1 is 1.28 bits per heavy atom. The van der Waals surface area contributed by atoms with Gasteiger partial charge in [0.1, 0.15) is 11.5 Å². The Kier molecular flexibility index (Phi) is 4.15. The van der Waals surface area contributed by atoms with Crippen LogP contribution < -0.4 is 5.32 Å². The minimum Gasteiger partial charge on any atom is -0.465 e. The zero-order valence-electron chi connectivity index (χ0n) is 11.2. The summed E-state index contributed by atoms with van der Waals surface area (Å²) in [4.78, 5) is 4.49. The van der Waals surface area contributed by atoms with Crippen molar-refractivity contribution in [3.63, 3.8) is 0 Å². The summed E-state index contributed by atoms with van der Waals surface area (Å²) in [7, 11) is 1.95. The Morgan fingerprint density at radius 2 is 2.11 bits per heavy atom. The molecule has 2 aromatic heterocycles. The summed E-state index contributed by atoms with van der Waals surface area (Å²) < 4.78 is 5.66. The lowest BCUT2D eigenvalue weighted by Gasteiger charge is -2.13. The summed E-state index contributed by atoms with van der Waals surface area (Å²) in [6, 6.07) is 8.43. The average Bonchev–Trinajstić information content (AvgIpc) is 2.83. The number of hydrogen-bond donors (Lipinski definition) is 1. The summed E-state index contributed by atoms with van der Waals surface area (Å²) in [5.74, 6) is 1.91. The van der Waals surface area contributed by atoms with Gasteiger partial charge in [-0.1, -0.05) is 13.0 Å². The third-order valence-corrected chi connectivity index (χ3v) is 3.16. The van der Waals surface area contributed by atoms with Crippen molar-refractivity contribution in [2.75, 3.05) is 7.05 Å². The average molecular weight is 244 g/mol. The molecule has 96 valence electrons. The largest absolute Gasteiger partial charge is 0.465 e. The first-order valence-electron chi connectivity index (χ1n) is 6.40. The molecule has 0 aromatic carbocycles. The van der Waals surface area contributed by atoms with Crippen molar-refractivity contribution in [1.82, 2.24) is 10.3 Å². The third-order valence-electron chi connectivity index (χ3n) is 3.16. The maximum Gasteiger partial charge on any atom is 0.121 e. The highest BCUT2D eigenvalue weighted by Crippen LogP contribution is 2.19. The zero-order chi connectivity index (χ0) is 13.0. The maximum atomic E-state index is 5.66. The summed E-state index contributed by atoms with van der Waals surface area (Å²) >= 11 is 0. The van der Waals surface area contributed by atoms with Gasteiger partial charge in [0.15, 0.2) is 0 Å². The first-order valence-corrected chi connectivity index (χ1v) is 6.40. The molecule has 3 nitrogen and oxygen atoms in total. The van der Waals surface area contributed by atoms with E-state index >= 15 is 0 Å². The lowest BCUT2D eigenvalue weighted by molar-refractivity contribution is 0.413. The standard InChI is InChI=1S/C15H20N2O/c1-4-12-6-7-13(17-10-12)9-14(16-3)15-8-5-11(2)18-15/h5-8,10,14,16H,4,9H2,1-3H3. The predicted molar refractivity (Wildman–Crippen MR) is 72.6 cm³/mol. The molecular formula is C15H20N2O. The number of furan rings is 1. The maximum absolute atomic E-state index is 5.66. The van der Waals surface area contributed by atoms with Crippen LogP contribution in [0.1, 0.15) is 35.7 Å². The van der Waals surface area contributed by atoms with Crippen LogP contribution in [0.25, 0.3) is 0 Å². The first-order chi connectivity index (χ1) is 8.72. The van der Waals surface area contributed by atoms with Crippen molar-refractivity contribution in [3.8, 4) is 0 Å². The monoisotopic (exact) mass is 244 g/mol. The number of hydrogen-bond acceptors (Lipinski definition) is 3. The van der Waals surface area contributed by atoms with Crippen molar-refractivity contribution in [2.24, 2.45) is 0 Å². The molecule has 0 amide bonds. The molecule has 2 heterocycles. The van der Waals surface area contributed by atoms with Crippen LogP contribution in [0.2, 0.25) is 0 Å². The van der Waals surface area contributed by atoms with Gasteiger partial charge in [-0.15, -0.1) is 0 Å². The van der Waals surface area contributed by atoms with E-state index < -0.39 is 0 Å². The number of nitrogens with one attached hydrogen (secondary N) is 1. The molecule has 2 aromatic rings. The highest BCUT2D eigenvalue weighted by atomic mass is 16.3. The molecule has 0 fully saturated rings. The summed E-state index contributed by atoms with van der Waals surface area (Å²) in [6.45, 7) is 4.10. The van der Waals surface area contributed by atoms with E-state index in [0.29, 0.717) is 0 Å². The summed E-state index contributed by atoms with van der Waals surface area (Å²) in [5, 5.41) is 3.28. The quantitative estimate of drug-likeness (QED) is 0.878. The van der Waals surface area contributed by atoms with Gasteiger partial charge in [0.25, 0.3) is 0 Å². The molecule has 0 aliphatic heterocycles. The minimum atomic E-state index is 0.179. The van der Waals surface area contributed by atoms with Crippen molar-refractivity contribution < 1.29 is 4.42 Å². The van der Waals surface area contributed by atoms with Crippen LogP contribution in [-0.2, 0) is 12.8 Å². The lowest BCUT2D eigenvalue weighted by Crippen LogP contribution is -2.18. The normalized spacial score (nSPS) is 12.6. The topological polar surface area (TPSA) is 38.1 Å². The Balaban J connectivity index is 2.10. The Hall–Kier alpha value is -1.61. The zero-order valence-corrected chi connectivity index (χ0v) is 11.2. The van der Waals surface area contributed by atoms with Gasteiger partial charge < -0.3 is 9.73 Å². The first kappa shape index (κ1) is 12.8. The van der Waals surface area contributed by atoms with E-state index in [0.717, 1.165) is 30.1 Å². The highest BCUT2D eigenvalue weighted by molar-refractivity contribution is 5.17. The molecule has 0 saturated heterocycles. The van der Waals surface area contributed by atoms with Crippen molar-refractivity contribution in [1.29, 1.82) is 0 Å². The number of likely N-dealkylation sites (N-methyl/N-ethyl adjacent to an activating group) is 1. The second-order valence-electron chi connectivity index (χ2n) is 4.51. The molecule has 18 heavy (non-hydrogen) atoms. The van der Waals surface area contributed by atoms with Gasteiger partial charge in [-0.25, -0.2) is 0 Å². The molecule has 0 aliphatic carbocycles. The van der Waals surface area contributed by atoms with Gasteiger partial charge in [0, 0.05) is 18.3 Å². The van der Waals surface area contributed by atoms with Crippen LogP contribution >= 0.6 is 0 Å². The van der Waals surface area contributed by atoms with Crippen LogP contribution in [0, 0.1) is 6.92 Å². The van der Waals surface area contributed by atoms with Gasteiger partial charge in [-0.3, -0.25) is 4.98 Å². The molecule has 0 spiro atoms. The van der Waals surface area contributed by atoms with E-state index in [-0.39, 0.29) is 6.04 Å². The van der Waals surface area contributed by atoms with Gasteiger partial charge >= 0.3 is 0 Å². The molecule has 1 atom stereocenters. The smallest absolute Gasteiger partial charge is 0.121 e. The van der Waals surface area contributed by atoms with Crippen LogP contribution in [-0.4, -0.2) is 12.0 Å². The van der Waals surface area contributed by atoms with Crippen molar-refractivity contribution >= 4 is 0 Å². The van der Waals surface area contributed by atoms with E-state index in [1.54, 1.807) is 0 Å². The fourth-order valence-corrected chi connectivity index (χ4v) is 1.98. The number of rotatable bonds is 5. The third kappa shape index (κ3) is 2.99. The number of aryl methyl sites for hydroxylation is 2. The van der Waals surface area contributed by atoms with Crippen molar-refractivity contribution in [2.45, 2.75) is 32.7 Å². The van der Waals surface area contributed by atoms with E-state index in [4.69, 9.17) is 4.42 Å². The summed E-state index contributed by atoms with van der Waals surface area (Å²) in [5.41, 5.74) is 2.36.